The summed E-state index contributed by atoms with van der Waals surface area (Å²) in [5.74, 6) is 0.805. The predicted octanol–water partition coefficient (Wildman–Crippen LogP) is 2.04. The maximum Gasteiger partial charge on any atom is 0.239 e. The summed E-state index contributed by atoms with van der Waals surface area (Å²) in [4.78, 5) is 11.5. The molecule has 1 aromatic rings. The highest BCUT2D eigenvalue weighted by Crippen LogP contribution is 2.15. The van der Waals surface area contributed by atoms with Crippen LogP contribution in [0.2, 0.25) is 0 Å². The fourth-order valence-corrected chi connectivity index (χ4v) is 1.54. The molecule has 0 bridgehead atoms. The zero-order valence-electron chi connectivity index (χ0n) is 12.3. The van der Waals surface area contributed by atoms with E-state index in [1.807, 2.05) is 24.3 Å². The van der Waals surface area contributed by atoms with E-state index in [1.54, 1.807) is 7.11 Å². The van der Waals surface area contributed by atoms with E-state index in [2.05, 4.69) is 17.6 Å². The smallest absolute Gasteiger partial charge is 0.239 e. The minimum atomic E-state index is -0.0506. The molecule has 0 spiro atoms. The molecule has 5 nitrogen and oxygen atoms in total. The number of methoxy groups -OCH3 is 1. The Labute approximate surface area is 120 Å². The van der Waals surface area contributed by atoms with Crippen LogP contribution in [0.25, 0.3) is 0 Å². The lowest BCUT2D eigenvalue weighted by Gasteiger charge is -2.09. The Morgan fingerprint density at radius 3 is 2.60 bits per heavy atom. The highest BCUT2D eigenvalue weighted by molar-refractivity contribution is 5.80. The van der Waals surface area contributed by atoms with E-state index in [0.717, 1.165) is 30.9 Å². The van der Waals surface area contributed by atoms with Crippen molar-refractivity contribution in [3.05, 3.63) is 24.3 Å². The molecule has 0 fully saturated rings. The van der Waals surface area contributed by atoms with Crippen molar-refractivity contribution in [2.45, 2.75) is 19.8 Å². The van der Waals surface area contributed by atoms with Gasteiger partial charge in [0, 0.05) is 19.3 Å². The highest BCUT2D eigenvalue weighted by Gasteiger charge is 2.00. The van der Waals surface area contributed by atoms with Gasteiger partial charge in [0.2, 0.25) is 5.91 Å². The summed E-state index contributed by atoms with van der Waals surface area (Å²) in [6.45, 7) is 4.18. The van der Waals surface area contributed by atoms with E-state index in [-0.39, 0.29) is 12.5 Å². The van der Waals surface area contributed by atoms with Crippen LogP contribution in [0.5, 0.6) is 5.75 Å². The summed E-state index contributed by atoms with van der Waals surface area (Å²) < 4.78 is 10.4. The second-order valence-electron chi connectivity index (χ2n) is 4.42. The SMILES string of the molecule is CCCCOc1ccc(NCC(=O)NCCOC)cc1. The number of anilines is 1. The molecule has 1 rings (SSSR count). The van der Waals surface area contributed by atoms with Crippen LogP contribution in [-0.4, -0.2) is 39.3 Å². The number of nitrogens with one attached hydrogen (secondary N) is 2. The first kappa shape index (κ1) is 16.3. The Bertz CT molecular complexity index is 379. The van der Waals surface area contributed by atoms with Crippen LogP contribution in [0.1, 0.15) is 19.8 Å². The van der Waals surface area contributed by atoms with Crippen molar-refractivity contribution in [1.29, 1.82) is 0 Å². The summed E-state index contributed by atoms with van der Waals surface area (Å²) in [7, 11) is 1.61. The Morgan fingerprint density at radius 2 is 1.95 bits per heavy atom. The molecular formula is C15H24N2O3. The van der Waals surface area contributed by atoms with Gasteiger partial charge < -0.3 is 20.1 Å². The van der Waals surface area contributed by atoms with E-state index in [9.17, 15) is 4.79 Å². The molecule has 1 amide bonds. The molecule has 0 heterocycles. The van der Waals surface area contributed by atoms with Crippen molar-refractivity contribution in [2.24, 2.45) is 0 Å². The number of carbonyl (C=O) groups excluding carboxylic acids is 1. The second-order valence-corrected chi connectivity index (χ2v) is 4.42. The fourth-order valence-electron chi connectivity index (χ4n) is 1.54. The molecule has 0 saturated carbocycles. The second kappa shape index (κ2) is 10.1. The molecule has 0 saturated heterocycles. The van der Waals surface area contributed by atoms with Crippen molar-refractivity contribution in [3.8, 4) is 5.75 Å². The molecular weight excluding hydrogens is 256 g/mol. The van der Waals surface area contributed by atoms with Gasteiger partial charge in [-0.2, -0.15) is 0 Å². The maximum atomic E-state index is 11.5. The molecule has 1 aromatic carbocycles. The first-order valence-electron chi connectivity index (χ1n) is 6.98. The third kappa shape index (κ3) is 6.99. The molecule has 112 valence electrons. The van der Waals surface area contributed by atoms with Crippen LogP contribution in [0.15, 0.2) is 24.3 Å². The third-order valence-electron chi connectivity index (χ3n) is 2.70. The molecule has 0 radical (unpaired) electrons. The van der Waals surface area contributed by atoms with Gasteiger partial charge in [-0.3, -0.25) is 4.79 Å². The topological polar surface area (TPSA) is 59.6 Å². The zero-order valence-corrected chi connectivity index (χ0v) is 12.3. The molecule has 0 unspecified atom stereocenters. The van der Waals surface area contributed by atoms with Gasteiger partial charge in [-0.1, -0.05) is 13.3 Å². The normalized spacial score (nSPS) is 10.1. The van der Waals surface area contributed by atoms with Crippen molar-refractivity contribution >= 4 is 11.6 Å². The van der Waals surface area contributed by atoms with E-state index in [0.29, 0.717) is 13.2 Å². The number of carbonyl (C=O) groups is 1. The fraction of sp³-hybridized carbons (Fsp3) is 0.533. The Kier molecular flexibility index (Phi) is 8.22. The largest absolute Gasteiger partial charge is 0.494 e. The van der Waals surface area contributed by atoms with Gasteiger partial charge in [0.25, 0.3) is 0 Å². The standard InChI is InChI=1S/C15H24N2O3/c1-3-4-10-20-14-7-5-13(6-8-14)17-12-15(18)16-9-11-19-2/h5-8,17H,3-4,9-12H2,1-2H3,(H,16,18). The monoisotopic (exact) mass is 280 g/mol. The summed E-state index contributed by atoms with van der Waals surface area (Å²) in [6.07, 6.45) is 2.18. The van der Waals surface area contributed by atoms with E-state index >= 15 is 0 Å². The number of amides is 1. The maximum absolute atomic E-state index is 11.5. The van der Waals surface area contributed by atoms with Crippen molar-refractivity contribution < 1.29 is 14.3 Å². The van der Waals surface area contributed by atoms with Gasteiger partial charge in [-0.15, -0.1) is 0 Å². The summed E-state index contributed by atoms with van der Waals surface area (Å²) in [6, 6.07) is 7.62. The quantitative estimate of drug-likeness (QED) is 0.644. The molecule has 5 heteroatoms. The van der Waals surface area contributed by atoms with Crippen LogP contribution in [-0.2, 0) is 9.53 Å². The number of ether oxygens (including phenoxy) is 2. The molecule has 0 atom stereocenters. The number of rotatable bonds is 10. The lowest BCUT2D eigenvalue weighted by Crippen LogP contribution is -2.32. The van der Waals surface area contributed by atoms with Gasteiger partial charge in [-0.05, 0) is 30.7 Å². The van der Waals surface area contributed by atoms with Gasteiger partial charge >= 0.3 is 0 Å². The van der Waals surface area contributed by atoms with E-state index in [4.69, 9.17) is 9.47 Å². The van der Waals surface area contributed by atoms with Crippen molar-refractivity contribution in [3.63, 3.8) is 0 Å². The average Bonchev–Trinajstić information content (AvgIpc) is 2.47. The average molecular weight is 280 g/mol. The predicted molar refractivity (Wildman–Crippen MR) is 80.2 cm³/mol. The Morgan fingerprint density at radius 1 is 1.20 bits per heavy atom. The minimum absolute atomic E-state index is 0.0506. The Hall–Kier alpha value is -1.75. The van der Waals surface area contributed by atoms with Crippen LogP contribution < -0.4 is 15.4 Å². The zero-order chi connectivity index (χ0) is 14.6. The molecule has 20 heavy (non-hydrogen) atoms. The van der Waals surface area contributed by atoms with Gasteiger partial charge in [0.1, 0.15) is 5.75 Å². The highest BCUT2D eigenvalue weighted by atomic mass is 16.5. The third-order valence-corrected chi connectivity index (χ3v) is 2.70. The summed E-state index contributed by atoms with van der Waals surface area (Å²) in [5.41, 5.74) is 0.898. The van der Waals surface area contributed by atoms with Gasteiger partial charge in [0.05, 0.1) is 19.8 Å². The molecule has 0 aromatic heterocycles. The van der Waals surface area contributed by atoms with E-state index in [1.165, 1.54) is 0 Å². The molecule has 0 aliphatic carbocycles. The van der Waals surface area contributed by atoms with Crippen molar-refractivity contribution in [1.82, 2.24) is 5.32 Å². The lowest BCUT2D eigenvalue weighted by atomic mass is 10.3. The lowest BCUT2D eigenvalue weighted by molar-refractivity contribution is -0.119. The van der Waals surface area contributed by atoms with Crippen LogP contribution in [0.3, 0.4) is 0 Å². The van der Waals surface area contributed by atoms with Crippen LogP contribution in [0, 0.1) is 0 Å². The van der Waals surface area contributed by atoms with Gasteiger partial charge in [-0.25, -0.2) is 0 Å². The molecule has 0 aliphatic rings. The number of hydrogen-bond acceptors (Lipinski definition) is 4. The summed E-state index contributed by atoms with van der Waals surface area (Å²) >= 11 is 0. The molecule has 2 N–H and O–H groups in total. The first-order valence-corrected chi connectivity index (χ1v) is 6.98. The number of benzene rings is 1. The van der Waals surface area contributed by atoms with Crippen molar-refractivity contribution in [2.75, 3.05) is 38.7 Å². The van der Waals surface area contributed by atoms with Gasteiger partial charge in [0.15, 0.2) is 0 Å². The minimum Gasteiger partial charge on any atom is -0.494 e. The van der Waals surface area contributed by atoms with Crippen LogP contribution in [0.4, 0.5) is 5.69 Å². The van der Waals surface area contributed by atoms with E-state index < -0.39 is 0 Å². The van der Waals surface area contributed by atoms with Crippen LogP contribution >= 0.6 is 0 Å². The number of unbranched alkanes of at least 4 members (excludes halogenated alkanes) is 1. The molecule has 0 aliphatic heterocycles. The Balaban J connectivity index is 2.25. The first-order chi connectivity index (χ1) is 9.76. The number of hydrogen-bond donors (Lipinski definition) is 2. The summed E-state index contributed by atoms with van der Waals surface area (Å²) in [5, 5.41) is 5.81.